The van der Waals surface area contributed by atoms with Crippen LogP contribution in [0.15, 0.2) is 43.1 Å². The van der Waals surface area contributed by atoms with E-state index in [0.29, 0.717) is 18.2 Å². The number of hydrogen-bond acceptors (Lipinski definition) is 6. The molecule has 1 spiro atoms. The van der Waals surface area contributed by atoms with E-state index in [9.17, 15) is 4.79 Å². The van der Waals surface area contributed by atoms with Crippen LogP contribution in [0.2, 0.25) is 0 Å². The maximum absolute atomic E-state index is 12.5. The Balaban J connectivity index is 1.30. The van der Waals surface area contributed by atoms with Crippen LogP contribution in [-0.2, 0) is 11.3 Å². The van der Waals surface area contributed by atoms with Crippen LogP contribution in [0, 0.1) is 5.92 Å². The number of rotatable bonds is 5. The molecule has 7 heteroatoms. The van der Waals surface area contributed by atoms with Gasteiger partial charge >= 0.3 is 0 Å². The molecule has 0 aromatic carbocycles. The SMILES string of the molecule is CN1CCC(COCc2ccncc2)CC12CN(C(=O)c1cnccn1)C2. The predicted molar refractivity (Wildman–Crippen MR) is 99.9 cm³/mol. The van der Waals surface area contributed by atoms with Crippen LogP contribution >= 0.6 is 0 Å². The molecule has 2 aromatic rings. The highest BCUT2D eigenvalue weighted by Gasteiger charge is 2.51. The Morgan fingerprint density at radius 1 is 1.22 bits per heavy atom. The third kappa shape index (κ3) is 3.84. The maximum atomic E-state index is 12.5. The average molecular weight is 367 g/mol. The van der Waals surface area contributed by atoms with Crippen LogP contribution in [0.3, 0.4) is 0 Å². The minimum absolute atomic E-state index is 0.0295. The molecule has 0 bridgehead atoms. The van der Waals surface area contributed by atoms with E-state index in [4.69, 9.17) is 4.74 Å². The zero-order chi connectivity index (χ0) is 18.7. The summed E-state index contributed by atoms with van der Waals surface area (Å²) in [6, 6.07) is 3.97. The fourth-order valence-corrected chi connectivity index (χ4v) is 4.12. The normalized spacial score (nSPS) is 21.8. The summed E-state index contributed by atoms with van der Waals surface area (Å²) in [6.07, 6.45) is 10.5. The van der Waals surface area contributed by atoms with Crippen molar-refractivity contribution >= 4 is 5.91 Å². The Labute approximate surface area is 159 Å². The lowest BCUT2D eigenvalue weighted by molar-refractivity contribution is -0.0769. The smallest absolute Gasteiger partial charge is 0.274 e. The predicted octanol–water partition coefficient (Wildman–Crippen LogP) is 1.62. The fourth-order valence-electron chi connectivity index (χ4n) is 4.12. The highest BCUT2D eigenvalue weighted by atomic mass is 16.5. The quantitative estimate of drug-likeness (QED) is 0.800. The van der Waals surface area contributed by atoms with Crippen molar-refractivity contribution in [2.24, 2.45) is 5.92 Å². The first-order valence-corrected chi connectivity index (χ1v) is 9.39. The zero-order valence-corrected chi connectivity index (χ0v) is 15.6. The lowest BCUT2D eigenvalue weighted by atomic mass is 9.75. The van der Waals surface area contributed by atoms with Crippen LogP contribution in [0.1, 0.15) is 28.9 Å². The number of likely N-dealkylation sites (N-methyl/N-ethyl adjacent to an activating group) is 1. The number of aromatic nitrogens is 3. The van der Waals surface area contributed by atoms with Crippen molar-refractivity contribution in [1.82, 2.24) is 24.8 Å². The van der Waals surface area contributed by atoms with Gasteiger partial charge in [0.25, 0.3) is 5.91 Å². The molecule has 4 heterocycles. The molecule has 2 saturated heterocycles. The second-order valence-electron chi connectivity index (χ2n) is 7.63. The van der Waals surface area contributed by atoms with Crippen LogP contribution in [0.4, 0.5) is 0 Å². The molecule has 1 atom stereocenters. The van der Waals surface area contributed by atoms with Gasteiger partial charge in [-0.25, -0.2) is 4.98 Å². The van der Waals surface area contributed by atoms with E-state index in [1.807, 2.05) is 17.0 Å². The lowest BCUT2D eigenvalue weighted by Gasteiger charge is -2.58. The molecule has 0 N–H and O–H groups in total. The monoisotopic (exact) mass is 367 g/mol. The summed E-state index contributed by atoms with van der Waals surface area (Å²) in [7, 11) is 2.16. The molecule has 2 aliphatic heterocycles. The van der Waals surface area contributed by atoms with Gasteiger partial charge in [-0.15, -0.1) is 0 Å². The summed E-state index contributed by atoms with van der Waals surface area (Å²) in [5.41, 5.74) is 1.64. The van der Waals surface area contributed by atoms with Gasteiger partial charge in [0.2, 0.25) is 0 Å². The van der Waals surface area contributed by atoms with E-state index < -0.39 is 0 Å². The van der Waals surface area contributed by atoms with Crippen LogP contribution < -0.4 is 0 Å². The number of likely N-dealkylation sites (tertiary alicyclic amines) is 2. The van der Waals surface area contributed by atoms with Crippen molar-refractivity contribution in [3.8, 4) is 0 Å². The molecule has 142 valence electrons. The van der Waals surface area contributed by atoms with Gasteiger partial charge in [0, 0.05) is 44.5 Å². The van der Waals surface area contributed by atoms with Gasteiger partial charge in [0.15, 0.2) is 0 Å². The second kappa shape index (κ2) is 7.70. The standard InChI is InChI=1S/C20H25N5O2/c1-24-9-4-17(13-27-12-16-2-5-21-6-3-16)10-20(24)14-25(15-20)19(26)18-11-22-7-8-23-18/h2-3,5-8,11,17H,4,9-10,12-15H2,1H3. The first-order chi connectivity index (χ1) is 13.2. The van der Waals surface area contributed by atoms with Crippen molar-refractivity contribution in [2.45, 2.75) is 25.0 Å². The summed E-state index contributed by atoms with van der Waals surface area (Å²) in [5.74, 6) is 0.495. The van der Waals surface area contributed by atoms with Crippen molar-refractivity contribution in [3.05, 3.63) is 54.4 Å². The average Bonchev–Trinajstić information content (AvgIpc) is 2.68. The largest absolute Gasteiger partial charge is 0.376 e. The van der Waals surface area contributed by atoms with Gasteiger partial charge in [0.05, 0.1) is 18.3 Å². The Kier molecular flexibility index (Phi) is 5.13. The summed E-state index contributed by atoms with van der Waals surface area (Å²) in [4.78, 5) is 29.0. The first-order valence-electron chi connectivity index (χ1n) is 9.39. The molecule has 2 aliphatic rings. The summed E-state index contributed by atoms with van der Waals surface area (Å²) in [5, 5.41) is 0. The molecular formula is C20H25N5O2. The van der Waals surface area contributed by atoms with Gasteiger partial charge in [0.1, 0.15) is 5.69 Å². The number of carbonyl (C=O) groups excluding carboxylic acids is 1. The van der Waals surface area contributed by atoms with E-state index in [1.54, 1.807) is 24.8 Å². The number of amides is 1. The zero-order valence-electron chi connectivity index (χ0n) is 15.6. The Morgan fingerprint density at radius 3 is 2.78 bits per heavy atom. The highest BCUT2D eigenvalue weighted by Crippen LogP contribution is 2.38. The Bertz CT molecular complexity index is 764. The van der Waals surface area contributed by atoms with E-state index >= 15 is 0 Å². The lowest BCUT2D eigenvalue weighted by Crippen LogP contribution is -2.72. The third-order valence-electron chi connectivity index (χ3n) is 5.76. The van der Waals surface area contributed by atoms with E-state index in [-0.39, 0.29) is 11.4 Å². The van der Waals surface area contributed by atoms with Gasteiger partial charge in [-0.1, -0.05) is 0 Å². The van der Waals surface area contributed by atoms with Crippen molar-refractivity contribution in [2.75, 3.05) is 33.3 Å². The van der Waals surface area contributed by atoms with Crippen LogP contribution in [0.5, 0.6) is 0 Å². The van der Waals surface area contributed by atoms with Gasteiger partial charge < -0.3 is 9.64 Å². The van der Waals surface area contributed by atoms with Crippen molar-refractivity contribution in [1.29, 1.82) is 0 Å². The third-order valence-corrected chi connectivity index (χ3v) is 5.76. The van der Waals surface area contributed by atoms with Crippen molar-refractivity contribution < 1.29 is 9.53 Å². The maximum Gasteiger partial charge on any atom is 0.274 e. The van der Waals surface area contributed by atoms with Gasteiger partial charge in [-0.05, 0) is 50.0 Å². The Hall–Kier alpha value is -2.38. The number of hydrogen-bond donors (Lipinski definition) is 0. The topological polar surface area (TPSA) is 71.5 Å². The highest BCUT2D eigenvalue weighted by molar-refractivity contribution is 5.92. The number of pyridine rings is 1. The van der Waals surface area contributed by atoms with E-state index in [1.165, 1.54) is 6.20 Å². The molecule has 2 aromatic heterocycles. The minimum Gasteiger partial charge on any atom is -0.376 e. The van der Waals surface area contributed by atoms with Gasteiger partial charge in [-0.3, -0.25) is 19.7 Å². The van der Waals surface area contributed by atoms with Crippen LogP contribution in [0.25, 0.3) is 0 Å². The summed E-state index contributed by atoms with van der Waals surface area (Å²) in [6.45, 7) is 3.92. The molecule has 1 amide bonds. The van der Waals surface area contributed by atoms with E-state index in [0.717, 1.165) is 44.6 Å². The Morgan fingerprint density at radius 2 is 2.04 bits per heavy atom. The number of ether oxygens (including phenoxy) is 1. The molecule has 0 saturated carbocycles. The molecule has 4 rings (SSSR count). The molecule has 7 nitrogen and oxygen atoms in total. The minimum atomic E-state index is -0.0295. The first kappa shape index (κ1) is 18.0. The number of piperidine rings is 1. The van der Waals surface area contributed by atoms with Crippen molar-refractivity contribution in [3.63, 3.8) is 0 Å². The molecule has 1 unspecified atom stereocenters. The molecular weight excluding hydrogens is 342 g/mol. The number of carbonyl (C=O) groups is 1. The summed E-state index contributed by atoms with van der Waals surface area (Å²) < 4.78 is 5.95. The number of nitrogens with zero attached hydrogens (tertiary/aromatic N) is 5. The summed E-state index contributed by atoms with van der Waals surface area (Å²) >= 11 is 0. The molecule has 0 aliphatic carbocycles. The molecule has 27 heavy (non-hydrogen) atoms. The second-order valence-corrected chi connectivity index (χ2v) is 7.63. The molecule has 2 fully saturated rings. The van der Waals surface area contributed by atoms with E-state index in [2.05, 4.69) is 26.9 Å². The van der Waals surface area contributed by atoms with Crippen LogP contribution in [-0.4, -0.2) is 69.5 Å². The van der Waals surface area contributed by atoms with Gasteiger partial charge in [-0.2, -0.15) is 0 Å². The molecule has 0 radical (unpaired) electrons. The fraction of sp³-hybridized carbons (Fsp3) is 0.500.